The van der Waals surface area contributed by atoms with Gasteiger partial charge in [0.25, 0.3) is 10.1 Å². The van der Waals surface area contributed by atoms with Crippen LogP contribution in [0.5, 0.6) is 0 Å². The molecule has 0 amide bonds. The second-order valence-electron chi connectivity index (χ2n) is 5.51. The zero-order valence-corrected chi connectivity index (χ0v) is 12.2. The van der Waals surface area contributed by atoms with E-state index in [2.05, 4.69) is 26.0 Å². The number of hydrogen-bond acceptors (Lipinski definition) is 2. The smallest absolute Gasteiger partial charge is 0.282 e. The molecule has 0 unspecified atom stereocenters. The van der Waals surface area contributed by atoms with Crippen LogP contribution in [0.1, 0.15) is 36.5 Å². The van der Waals surface area contributed by atoms with Gasteiger partial charge in [-0.2, -0.15) is 8.42 Å². The molecule has 1 aliphatic carbocycles. The molecule has 3 rings (SSSR count). The highest BCUT2D eigenvalue weighted by atomic mass is 32.2. The van der Waals surface area contributed by atoms with Crippen molar-refractivity contribution < 1.29 is 13.0 Å². The van der Waals surface area contributed by atoms with Gasteiger partial charge in [0.15, 0.2) is 0 Å². The fourth-order valence-corrected chi connectivity index (χ4v) is 3.56. The lowest BCUT2D eigenvalue weighted by atomic mass is 9.97. The van der Waals surface area contributed by atoms with E-state index in [0.29, 0.717) is 17.9 Å². The molecule has 0 heterocycles. The molecule has 20 heavy (non-hydrogen) atoms. The molecule has 0 aromatic heterocycles. The molecule has 4 heteroatoms. The Balaban J connectivity index is 2.19. The van der Waals surface area contributed by atoms with Crippen LogP contribution in [0.2, 0.25) is 0 Å². The van der Waals surface area contributed by atoms with E-state index < -0.39 is 10.1 Å². The van der Waals surface area contributed by atoms with Crippen LogP contribution in [0.4, 0.5) is 0 Å². The summed E-state index contributed by atoms with van der Waals surface area (Å²) in [7, 11) is -4.17. The fraction of sp³-hybridized carbons (Fsp3) is 0.250. The maximum absolute atomic E-state index is 11.5. The maximum atomic E-state index is 11.5. The van der Waals surface area contributed by atoms with E-state index >= 15 is 0 Å². The minimum absolute atomic E-state index is 0.0253. The van der Waals surface area contributed by atoms with E-state index in [4.69, 9.17) is 0 Å². The van der Waals surface area contributed by atoms with Gasteiger partial charge in [-0.3, -0.25) is 4.55 Å². The highest BCUT2D eigenvalue weighted by Gasteiger charge is 2.25. The van der Waals surface area contributed by atoms with Crippen molar-refractivity contribution in [2.45, 2.75) is 31.1 Å². The van der Waals surface area contributed by atoms with Gasteiger partial charge in [-0.05, 0) is 39.8 Å². The summed E-state index contributed by atoms with van der Waals surface area (Å²) < 4.78 is 32.3. The van der Waals surface area contributed by atoms with Crippen LogP contribution in [0.3, 0.4) is 0 Å². The number of hydrogen-bond donors (Lipinski definition) is 1. The first kappa shape index (κ1) is 13.3. The standard InChI is InChI=1S/C16H16O3S/c1-10(2)11-6-7-13-12(8-11)9-15-14(13)4-3-5-16(15)20(17,18)19/h3-8,10H,9H2,1-2H3,(H,17,18,19). The van der Waals surface area contributed by atoms with Gasteiger partial charge >= 0.3 is 0 Å². The van der Waals surface area contributed by atoms with E-state index in [1.807, 2.05) is 12.1 Å². The third kappa shape index (κ3) is 2.05. The Labute approximate surface area is 119 Å². The van der Waals surface area contributed by atoms with Gasteiger partial charge in [-0.25, -0.2) is 0 Å². The topological polar surface area (TPSA) is 54.4 Å². The summed E-state index contributed by atoms with van der Waals surface area (Å²) in [6, 6.07) is 11.3. The minimum atomic E-state index is -4.17. The first-order chi connectivity index (χ1) is 9.38. The van der Waals surface area contributed by atoms with Gasteiger partial charge in [-0.1, -0.05) is 44.2 Å². The van der Waals surface area contributed by atoms with E-state index in [0.717, 1.165) is 16.7 Å². The average molecular weight is 288 g/mol. The van der Waals surface area contributed by atoms with Crippen LogP contribution in [0.25, 0.3) is 11.1 Å². The number of rotatable bonds is 2. The number of benzene rings is 2. The third-order valence-electron chi connectivity index (χ3n) is 3.86. The predicted molar refractivity (Wildman–Crippen MR) is 78.6 cm³/mol. The third-order valence-corrected chi connectivity index (χ3v) is 4.80. The molecule has 2 aromatic carbocycles. The molecule has 1 N–H and O–H groups in total. The molecule has 0 aliphatic heterocycles. The molecule has 0 saturated carbocycles. The van der Waals surface area contributed by atoms with Crippen molar-refractivity contribution in [1.29, 1.82) is 0 Å². The highest BCUT2D eigenvalue weighted by molar-refractivity contribution is 7.85. The largest absolute Gasteiger partial charge is 0.294 e. The molecule has 0 bridgehead atoms. The lowest BCUT2D eigenvalue weighted by Crippen LogP contribution is -2.02. The zero-order chi connectivity index (χ0) is 14.5. The van der Waals surface area contributed by atoms with Gasteiger partial charge in [-0.15, -0.1) is 0 Å². The Morgan fingerprint density at radius 3 is 2.50 bits per heavy atom. The zero-order valence-electron chi connectivity index (χ0n) is 11.4. The summed E-state index contributed by atoms with van der Waals surface area (Å²) in [5.74, 6) is 0.435. The molecule has 104 valence electrons. The van der Waals surface area contributed by atoms with Gasteiger partial charge in [0.1, 0.15) is 0 Å². The van der Waals surface area contributed by atoms with Crippen LogP contribution in [-0.4, -0.2) is 13.0 Å². The van der Waals surface area contributed by atoms with E-state index in [9.17, 15) is 13.0 Å². The fourth-order valence-electron chi connectivity index (χ4n) is 2.81. The average Bonchev–Trinajstić information content (AvgIpc) is 2.74. The SMILES string of the molecule is CC(C)c1ccc2c(c1)Cc1c-2cccc1S(=O)(=O)O. The van der Waals surface area contributed by atoms with Gasteiger partial charge in [0, 0.05) is 6.42 Å². The van der Waals surface area contributed by atoms with Crippen molar-refractivity contribution >= 4 is 10.1 Å². The van der Waals surface area contributed by atoms with E-state index in [1.165, 1.54) is 11.6 Å². The molecule has 0 fully saturated rings. The Kier molecular flexibility index (Phi) is 2.96. The predicted octanol–water partition coefficient (Wildman–Crippen LogP) is 3.63. The molecule has 1 aliphatic rings. The molecule has 0 spiro atoms. The van der Waals surface area contributed by atoms with Crippen LogP contribution >= 0.6 is 0 Å². The normalized spacial score (nSPS) is 13.4. The summed E-state index contributed by atoms with van der Waals surface area (Å²) >= 11 is 0. The molecular formula is C16H16O3S. The van der Waals surface area contributed by atoms with Gasteiger partial charge in [0.2, 0.25) is 0 Å². The first-order valence-corrected chi connectivity index (χ1v) is 8.04. The van der Waals surface area contributed by atoms with Crippen LogP contribution < -0.4 is 0 Å². The van der Waals surface area contributed by atoms with Crippen molar-refractivity contribution in [3.63, 3.8) is 0 Å². The van der Waals surface area contributed by atoms with Crippen molar-refractivity contribution in [2.75, 3.05) is 0 Å². The maximum Gasteiger partial charge on any atom is 0.294 e. The summed E-state index contributed by atoms with van der Waals surface area (Å²) in [6.45, 7) is 4.26. The number of fused-ring (bicyclic) bond motifs is 3. The van der Waals surface area contributed by atoms with Crippen molar-refractivity contribution in [3.05, 3.63) is 53.1 Å². The van der Waals surface area contributed by atoms with Crippen LogP contribution in [0.15, 0.2) is 41.3 Å². The highest BCUT2D eigenvalue weighted by Crippen LogP contribution is 2.40. The van der Waals surface area contributed by atoms with Crippen LogP contribution in [0, 0.1) is 0 Å². The van der Waals surface area contributed by atoms with Gasteiger partial charge in [0.05, 0.1) is 4.90 Å². The lowest BCUT2D eigenvalue weighted by molar-refractivity contribution is 0.482. The first-order valence-electron chi connectivity index (χ1n) is 6.60. The quantitative estimate of drug-likeness (QED) is 0.733. The minimum Gasteiger partial charge on any atom is -0.282 e. The molecule has 0 atom stereocenters. The molecule has 2 aromatic rings. The van der Waals surface area contributed by atoms with Crippen molar-refractivity contribution in [3.8, 4) is 11.1 Å². The second kappa shape index (κ2) is 4.43. The van der Waals surface area contributed by atoms with Crippen molar-refractivity contribution in [2.24, 2.45) is 0 Å². The summed E-state index contributed by atoms with van der Waals surface area (Å²) in [5.41, 5.74) is 5.04. The molecular weight excluding hydrogens is 272 g/mol. The summed E-state index contributed by atoms with van der Waals surface area (Å²) in [4.78, 5) is 0.0253. The Morgan fingerprint density at radius 2 is 1.85 bits per heavy atom. The summed E-state index contributed by atoms with van der Waals surface area (Å²) in [5, 5.41) is 0. The van der Waals surface area contributed by atoms with E-state index in [-0.39, 0.29) is 4.90 Å². The van der Waals surface area contributed by atoms with Crippen LogP contribution in [-0.2, 0) is 16.5 Å². The second-order valence-corrected chi connectivity index (χ2v) is 6.90. The Hall–Kier alpha value is -1.65. The van der Waals surface area contributed by atoms with Crippen molar-refractivity contribution in [1.82, 2.24) is 0 Å². The Bertz CT molecular complexity index is 789. The monoisotopic (exact) mass is 288 g/mol. The molecule has 0 radical (unpaired) electrons. The Morgan fingerprint density at radius 1 is 1.10 bits per heavy atom. The van der Waals surface area contributed by atoms with Gasteiger partial charge < -0.3 is 0 Å². The lowest BCUT2D eigenvalue weighted by Gasteiger charge is -2.08. The molecule has 3 nitrogen and oxygen atoms in total. The molecule has 0 saturated heterocycles. The van der Waals surface area contributed by atoms with E-state index in [1.54, 1.807) is 6.07 Å². The summed E-state index contributed by atoms with van der Waals surface area (Å²) in [6.07, 6.45) is 0.557.